The van der Waals surface area contributed by atoms with Crippen molar-refractivity contribution in [3.05, 3.63) is 0 Å². The van der Waals surface area contributed by atoms with Crippen molar-refractivity contribution in [1.29, 1.82) is 0 Å². The van der Waals surface area contributed by atoms with Gasteiger partial charge in [0, 0.05) is 24.5 Å². The summed E-state index contributed by atoms with van der Waals surface area (Å²) < 4.78 is 46.9. The summed E-state index contributed by atoms with van der Waals surface area (Å²) in [7, 11) is -3.22. The summed E-state index contributed by atoms with van der Waals surface area (Å²) in [6.45, 7) is 0.00958. The molecule has 7 heteroatoms. The molecule has 0 radical (unpaired) electrons. The van der Waals surface area contributed by atoms with Crippen molar-refractivity contribution >= 4 is 22.2 Å². The number of rotatable bonds is 3. The van der Waals surface area contributed by atoms with Crippen LogP contribution in [0.3, 0.4) is 0 Å². The van der Waals surface area contributed by atoms with E-state index < -0.39 is 34.0 Å². The highest BCUT2D eigenvalue weighted by Crippen LogP contribution is 2.51. The highest BCUT2D eigenvalue weighted by Gasteiger charge is 2.56. The van der Waals surface area contributed by atoms with Crippen molar-refractivity contribution in [1.82, 2.24) is 0 Å². The minimum absolute atomic E-state index is 0. The van der Waals surface area contributed by atoms with Crippen LogP contribution in [0.2, 0.25) is 0 Å². The third kappa shape index (κ3) is 3.33. The fraction of sp³-hybridized carbons (Fsp3) is 1.00. The normalized spacial score (nSPS) is 23.4. The number of sulfone groups is 1. The molecule has 0 aliphatic heterocycles. The second kappa shape index (κ2) is 3.90. The van der Waals surface area contributed by atoms with Crippen LogP contribution in [0, 0.1) is 5.41 Å². The summed E-state index contributed by atoms with van der Waals surface area (Å²) in [6, 6.07) is 0. The molecule has 1 aliphatic carbocycles. The van der Waals surface area contributed by atoms with Gasteiger partial charge < -0.3 is 5.73 Å². The zero-order valence-corrected chi connectivity index (χ0v) is 9.43. The molecular weight excluding hydrogens is 236 g/mol. The quantitative estimate of drug-likeness (QED) is 0.806. The van der Waals surface area contributed by atoms with Gasteiger partial charge in [0.05, 0.1) is 5.75 Å². The highest BCUT2D eigenvalue weighted by molar-refractivity contribution is 7.90. The molecule has 14 heavy (non-hydrogen) atoms. The Morgan fingerprint density at radius 2 is 1.79 bits per heavy atom. The predicted octanol–water partition coefficient (Wildman–Crippen LogP) is 0.827. The molecule has 1 fully saturated rings. The summed E-state index contributed by atoms with van der Waals surface area (Å²) in [4.78, 5) is 0. The number of hydrogen-bond donors (Lipinski definition) is 1. The Morgan fingerprint density at radius 3 is 2.00 bits per heavy atom. The van der Waals surface area contributed by atoms with Crippen molar-refractivity contribution in [3.8, 4) is 0 Å². The molecule has 0 amide bonds. The van der Waals surface area contributed by atoms with E-state index in [9.17, 15) is 17.2 Å². The molecule has 0 atom stereocenters. The first-order chi connectivity index (χ1) is 5.68. The molecular formula is C7H14ClF2NO2S. The Bertz CT molecular complexity index is 297. The van der Waals surface area contributed by atoms with Crippen molar-refractivity contribution in [3.63, 3.8) is 0 Å². The Labute approximate surface area is 88.4 Å². The van der Waals surface area contributed by atoms with Gasteiger partial charge in [-0.2, -0.15) is 0 Å². The number of nitrogens with two attached hydrogens (primary N) is 1. The number of halogens is 3. The summed E-state index contributed by atoms with van der Waals surface area (Å²) in [5.41, 5.74) is 4.42. The van der Waals surface area contributed by atoms with E-state index in [0.29, 0.717) is 0 Å². The molecule has 0 unspecified atom stereocenters. The minimum Gasteiger partial charge on any atom is -0.330 e. The van der Waals surface area contributed by atoms with Gasteiger partial charge in [0.15, 0.2) is 0 Å². The van der Waals surface area contributed by atoms with Crippen LogP contribution in [0.25, 0.3) is 0 Å². The van der Waals surface area contributed by atoms with Crippen LogP contribution in [0.5, 0.6) is 0 Å². The van der Waals surface area contributed by atoms with Gasteiger partial charge in [0.1, 0.15) is 9.84 Å². The highest BCUT2D eigenvalue weighted by atomic mass is 35.5. The van der Waals surface area contributed by atoms with Crippen LogP contribution in [-0.2, 0) is 9.84 Å². The Kier molecular flexibility index (Phi) is 3.92. The Hall–Kier alpha value is 0.0600. The molecule has 3 nitrogen and oxygen atoms in total. The molecule has 1 saturated carbocycles. The largest absolute Gasteiger partial charge is 0.330 e. The van der Waals surface area contributed by atoms with Crippen LogP contribution in [0.1, 0.15) is 12.8 Å². The van der Waals surface area contributed by atoms with Crippen molar-refractivity contribution in [2.75, 3.05) is 18.6 Å². The third-order valence-corrected chi connectivity index (χ3v) is 3.41. The summed E-state index contributed by atoms with van der Waals surface area (Å²) in [5, 5.41) is 0. The van der Waals surface area contributed by atoms with E-state index in [4.69, 9.17) is 5.73 Å². The first-order valence-electron chi connectivity index (χ1n) is 3.94. The molecule has 0 saturated heterocycles. The lowest BCUT2D eigenvalue weighted by Crippen LogP contribution is -2.53. The second-order valence-corrected chi connectivity index (χ2v) is 6.12. The van der Waals surface area contributed by atoms with Gasteiger partial charge in [-0.3, -0.25) is 0 Å². The molecule has 0 aromatic carbocycles. The van der Waals surface area contributed by atoms with Crippen LogP contribution >= 0.6 is 12.4 Å². The fourth-order valence-electron chi connectivity index (χ4n) is 1.91. The van der Waals surface area contributed by atoms with Gasteiger partial charge in [-0.15, -0.1) is 12.4 Å². The monoisotopic (exact) mass is 249 g/mol. The molecule has 0 heterocycles. The van der Waals surface area contributed by atoms with E-state index in [1.54, 1.807) is 0 Å². The maximum atomic E-state index is 12.5. The van der Waals surface area contributed by atoms with Crippen LogP contribution < -0.4 is 5.73 Å². The molecule has 0 aromatic heterocycles. The average molecular weight is 250 g/mol. The Morgan fingerprint density at radius 1 is 1.36 bits per heavy atom. The van der Waals surface area contributed by atoms with E-state index in [0.717, 1.165) is 6.26 Å². The van der Waals surface area contributed by atoms with E-state index in [2.05, 4.69) is 0 Å². The maximum Gasteiger partial charge on any atom is 0.249 e. The molecule has 2 N–H and O–H groups in total. The smallest absolute Gasteiger partial charge is 0.249 e. The maximum absolute atomic E-state index is 12.5. The van der Waals surface area contributed by atoms with E-state index in [1.807, 2.05) is 0 Å². The SMILES string of the molecule is CS(=O)(=O)CC1(CN)CC(F)(F)C1.Cl. The molecule has 1 aliphatic rings. The van der Waals surface area contributed by atoms with Gasteiger partial charge in [0.25, 0.3) is 0 Å². The van der Waals surface area contributed by atoms with Crippen molar-refractivity contribution in [2.45, 2.75) is 18.8 Å². The summed E-state index contributed by atoms with van der Waals surface area (Å²) in [6.07, 6.45) is 0.244. The standard InChI is InChI=1S/C7H13F2NO2S.ClH/c1-13(11,12)5-6(4-10)2-7(8,9)3-6;/h2-5,10H2,1H3;1H. The molecule has 1 rings (SSSR count). The van der Waals surface area contributed by atoms with Gasteiger partial charge in [-0.05, 0) is 6.54 Å². The average Bonchev–Trinajstić information content (AvgIpc) is 1.79. The number of alkyl halides is 2. The van der Waals surface area contributed by atoms with Crippen LogP contribution in [0.4, 0.5) is 8.78 Å². The van der Waals surface area contributed by atoms with Crippen molar-refractivity contribution < 1.29 is 17.2 Å². The van der Waals surface area contributed by atoms with Gasteiger partial charge in [0.2, 0.25) is 5.92 Å². The lowest BCUT2D eigenvalue weighted by atomic mass is 9.67. The Balaban J connectivity index is 0.00000169. The number of hydrogen-bond acceptors (Lipinski definition) is 3. The van der Waals surface area contributed by atoms with Gasteiger partial charge in [-0.1, -0.05) is 0 Å². The molecule has 0 spiro atoms. The molecule has 0 aromatic rings. The summed E-state index contributed by atoms with van der Waals surface area (Å²) >= 11 is 0. The van der Waals surface area contributed by atoms with Crippen LogP contribution in [0.15, 0.2) is 0 Å². The van der Waals surface area contributed by atoms with E-state index in [1.165, 1.54) is 0 Å². The van der Waals surface area contributed by atoms with Gasteiger partial charge in [-0.25, -0.2) is 17.2 Å². The topological polar surface area (TPSA) is 60.2 Å². The fourth-order valence-corrected chi connectivity index (χ4v) is 3.34. The molecule has 86 valence electrons. The predicted molar refractivity (Wildman–Crippen MR) is 52.6 cm³/mol. The molecule has 0 bridgehead atoms. The lowest BCUT2D eigenvalue weighted by molar-refractivity contribution is -0.147. The summed E-state index contributed by atoms with van der Waals surface area (Å²) in [5.74, 6) is -2.95. The zero-order chi connectivity index (χ0) is 10.3. The first kappa shape index (κ1) is 14.1. The second-order valence-electron chi connectivity index (χ2n) is 3.98. The first-order valence-corrected chi connectivity index (χ1v) is 6.00. The zero-order valence-electron chi connectivity index (χ0n) is 7.79. The lowest BCUT2D eigenvalue weighted by Gasteiger charge is -2.46. The minimum atomic E-state index is -3.22. The van der Waals surface area contributed by atoms with Crippen molar-refractivity contribution in [2.24, 2.45) is 11.1 Å². The van der Waals surface area contributed by atoms with Gasteiger partial charge >= 0.3 is 0 Å². The van der Waals surface area contributed by atoms with E-state index >= 15 is 0 Å². The van der Waals surface area contributed by atoms with Crippen LogP contribution in [-0.4, -0.2) is 32.9 Å². The third-order valence-electron chi connectivity index (χ3n) is 2.27. The van der Waals surface area contributed by atoms with E-state index in [-0.39, 0.29) is 24.7 Å².